The van der Waals surface area contributed by atoms with Crippen molar-refractivity contribution in [1.82, 2.24) is 5.16 Å². The molecule has 21 heavy (non-hydrogen) atoms. The van der Waals surface area contributed by atoms with Crippen molar-refractivity contribution < 1.29 is 9.32 Å². The molecule has 2 aromatic rings. The molecule has 110 valence electrons. The van der Waals surface area contributed by atoms with Crippen molar-refractivity contribution in [2.45, 2.75) is 33.2 Å². The lowest BCUT2D eigenvalue weighted by atomic mass is 9.95. The molecule has 1 amide bonds. The van der Waals surface area contributed by atoms with Gasteiger partial charge in [-0.05, 0) is 44.4 Å². The van der Waals surface area contributed by atoms with Crippen LogP contribution < -0.4 is 10.6 Å². The minimum Gasteiger partial charge on any atom is -0.367 e. The van der Waals surface area contributed by atoms with Gasteiger partial charge >= 0.3 is 0 Å². The number of amides is 1. The third-order valence-corrected chi connectivity index (χ3v) is 4.14. The molecule has 5 heteroatoms. The van der Waals surface area contributed by atoms with E-state index in [1.807, 2.05) is 19.9 Å². The van der Waals surface area contributed by atoms with E-state index in [0.29, 0.717) is 5.56 Å². The Bertz CT molecular complexity index is 671. The first kappa shape index (κ1) is 13.7. The topological polar surface area (TPSA) is 72.4 Å². The molecule has 5 nitrogen and oxygen atoms in total. The SMILES string of the molecule is Cc1noc(C)c1CN1CCCc2c(C(N)=O)cccc21. The van der Waals surface area contributed by atoms with Crippen LogP contribution in [0.1, 0.15) is 39.4 Å². The Balaban J connectivity index is 1.98. The molecule has 1 aliphatic heterocycles. The summed E-state index contributed by atoms with van der Waals surface area (Å²) in [5.74, 6) is 0.497. The van der Waals surface area contributed by atoms with Crippen molar-refractivity contribution in [1.29, 1.82) is 0 Å². The summed E-state index contributed by atoms with van der Waals surface area (Å²) in [5, 5.41) is 4.01. The summed E-state index contributed by atoms with van der Waals surface area (Å²) < 4.78 is 5.24. The molecule has 0 spiro atoms. The highest BCUT2D eigenvalue weighted by molar-refractivity contribution is 5.96. The number of hydrogen-bond donors (Lipinski definition) is 1. The fraction of sp³-hybridized carbons (Fsp3) is 0.375. The van der Waals surface area contributed by atoms with Gasteiger partial charge in [-0.15, -0.1) is 0 Å². The first-order valence-electron chi connectivity index (χ1n) is 7.16. The molecule has 1 aromatic heterocycles. The predicted molar refractivity (Wildman–Crippen MR) is 80.3 cm³/mol. The van der Waals surface area contributed by atoms with Crippen molar-refractivity contribution in [2.24, 2.45) is 5.73 Å². The van der Waals surface area contributed by atoms with E-state index in [9.17, 15) is 4.79 Å². The molecule has 1 aliphatic rings. The maximum atomic E-state index is 11.6. The Labute approximate surface area is 123 Å². The van der Waals surface area contributed by atoms with Crippen molar-refractivity contribution in [3.8, 4) is 0 Å². The molecule has 1 aromatic carbocycles. The summed E-state index contributed by atoms with van der Waals surface area (Å²) in [6.07, 6.45) is 1.91. The van der Waals surface area contributed by atoms with Crippen LogP contribution in [0.25, 0.3) is 0 Å². The summed E-state index contributed by atoms with van der Waals surface area (Å²) in [4.78, 5) is 13.9. The van der Waals surface area contributed by atoms with Crippen LogP contribution in [0, 0.1) is 13.8 Å². The van der Waals surface area contributed by atoms with Crippen LogP contribution in [0.2, 0.25) is 0 Å². The molecule has 2 heterocycles. The lowest BCUT2D eigenvalue weighted by Crippen LogP contribution is -2.30. The Morgan fingerprint density at radius 2 is 2.24 bits per heavy atom. The second kappa shape index (κ2) is 5.24. The largest absolute Gasteiger partial charge is 0.367 e. The Kier molecular flexibility index (Phi) is 3.41. The summed E-state index contributed by atoms with van der Waals surface area (Å²) in [5.41, 5.74) is 10.3. The van der Waals surface area contributed by atoms with Gasteiger partial charge in [0.05, 0.1) is 5.69 Å². The second-order valence-electron chi connectivity index (χ2n) is 5.50. The van der Waals surface area contributed by atoms with Gasteiger partial charge in [0.15, 0.2) is 0 Å². The molecular formula is C16H19N3O2. The lowest BCUT2D eigenvalue weighted by molar-refractivity contribution is 0.0999. The van der Waals surface area contributed by atoms with Gasteiger partial charge in [0.25, 0.3) is 0 Å². The Hall–Kier alpha value is -2.30. The number of aryl methyl sites for hydroxylation is 2. The van der Waals surface area contributed by atoms with Crippen molar-refractivity contribution in [3.63, 3.8) is 0 Å². The molecule has 0 radical (unpaired) electrons. The van der Waals surface area contributed by atoms with Gasteiger partial charge in [0, 0.05) is 29.9 Å². The highest BCUT2D eigenvalue weighted by atomic mass is 16.5. The van der Waals surface area contributed by atoms with E-state index in [-0.39, 0.29) is 5.91 Å². The van der Waals surface area contributed by atoms with Gasteiger partial charge in [-0.25, -0.2) is 0 Å². The minimum absolute atomic E-state index is 0.356. The van der Waals surface area contributed by atoms with Gasteiger partial charge in [-0.3, -0.25) is 4.79 Å². The third kappa shape index (κ3) is 2.39. The van der Waals surface area contributed by atoms with Crippen LogP contribution in [-0.4, -0.2) is 17.6 Å². The fourth-order valence-corrected chi connectivity index (χ4v) is 3.01. The smallest absolute Gasteiger partial charge is 0.249 e. The first-order chi connectivity index (χ1) is 10.1. The van der Waals surface area contributed by atoms with E-state index in [2.05, 4.69) is 16.1 Å². The second-order valence-corrected chi connectivity index (χ2v) is 5.50. The van der Waals surface area contributed by atoms with E-state index in [0.717, 1.165) is 54.2 Å². The van der Waals surface area contributed by atoms with E-state index < -0.39 is 0 Å². The van der Waals surface area contributed by atoms with Gasteiger partial charge in [-0.1, -0.05) is 11.2 Å². The van der Waals surface area contributed by atoms with Gasteiger partial charge in [0.1, 0.15) is 5.76 Å². The summed E-state index contributed by atoms with van der Waals surface area (Å²) in [7, 11) is 0. The standard InChI is InChI=1S/C16H19N3O2/c1-10-14(11(2)21-18-10)9-19-8-4-6-12-13(16(17)20)5-3-7-15(12)19/h3,5,7H,4,6,8-9H2,1-2H3,(H2,17,20). The molecule has 2 N–H and O–H groups in total. The molecule has 0 aliphatic carbocycles. The molecule has 0 bridgehead atoms. The number of nitrogens with zero attached hydrogens (tertiary/aromatic N) is 2. The van der Waals surface area contributed by atoms with E-state index in [1.54, 1.807) is 6.07 Å². The summed E-state index contributed by atoms with van der Waals surface area (Å²) in [6, 6.07) is 5.75. The molecule has 3 rings (SSSR count). The average molecular weight is 285 g/mol. The van der Waals surface area contributed by atoms with Crippen LogP contribution in [-0.2, 0) is 13.0 Å². The maximum Gasteiger partial charge on any atom is 0.249 e. The fourth-order valence-electron chi connectivity index (χ4n) is 3.01. The Morgan fingerprint density at radius 3 is 2.90 bits per heavy atom. The van der Waals surface area contributed by atoms with Crippen LogP contribution in [0.5, 0.6) is 0 Å². The molecular weight excluding hydrogens is 266 g/mol. The minimum atomic E-state index is -0.356. The predicted octanol–water partition coefficient (Wildman–Crippen LogP) is 2.34. The number of nitrogens with two attached hydrogens (primary N) is 1. The lowest BCUT2D eigenvalue weighted by Gasteiger charge is -2.32. The van der Waals surface area contributed by atoms with Crippen molar-refractivity contribution >= 4 is 11.6 Å². The van der Waals surface area contributed by atoms with Crippen LogP contribution in [0.4, 0.5) is 5.69 Å². The number of anilines is 1. The average Bonchev–Trinajstić information content (AvgIpc) is 2.78. The molecule has 0 saturated heterocycles. The van der Waals surface area contributed by atoms with Gasteiger partial charge in [-0.2, -0.15) is 0 Å². The monoisotopic (exact) mass is 285 g/mol. The van der Waals surface area contributed by atoms with Crippen LogP contribution >= 0.6 is 0 Å². The number of carbonyl (C=O) groups is 1. The number of fused-ring (bicyclic) bond motifs is 1. The number of aromatic nitrogens is 1. The molecule has 0 fully saturated rings. The molecule has 0 saturated carbocycles. The van der Waals surface area contributed by atoms with E-state index in [4.69, 9.17) is 10.3 Å². The van der Waals surface area contributed by atoms with E-state index >= 15 is 0 Å². The highest BCUT2D eigenvalue weighted by Gasteiger charge is 2.23. The number of carbonyl (C=O) groups excluding carboxylic acids is 1. The van der Waals surface area contributed by atoms with Gasteiger partial charge in [0.2, 0.25) is 5.91 Å². The number of hydrogen-bond acceptors (Lipinski definition) is 4. The van der Waals surface area contributed by atoms with Crippen LogP contribution in [0.3, 0.4) is 0 Å². The quantitative estimate of drug-likeness (QED) is 0.939. The zero-order valence-corrected chi connectivity index (χ0v) is 12.3. The third-order valence-electron chi connectivity index (χ3n) is 4.14. The summed E-state index contributed by atoms with van der Waals surface area (Å²) >= 11 is 0. The maximum absolute atomic E-state index is 11.6. The Morgan fingerprint density at radius 1 is 1.43 bits per heavy atom. The molecule has 0 unspecified atom stereocenters. The molecule has 0 atom stereocenters. The number of rotatable bonds is 3. The van der Waals surface area contributed by atoms with Crippen molar-refractivity contribution in [3.05, 3.63) is 46.3 Å². The van der Waals surface area contributed by atoms with Crippen molar-refractivity contribution in [2.75, 3.05) is 11.4 Å². The van der Waals surface area contributed by atoms with Gasteiger partial charge < -0.3 is 15.2 Å². The van der Waals surface area contributed by atoms with Crippen LogP contribution in [0.15, 0.2) is 22.7 Å². The first-order valence-corrected chi connectivity index (χ1v) is 7.16. The number of benzene rings is 1. The number of primary amides is 1. The zero-order chi connectivity index (χ0) is 15.0. The summed E-state index contributed by atoms with van der Waals surface area (Å²) in [6.45, 7) is 5.59. The zero-order valence-electron chi connectivity index (χ0n) is 12.3. The normalized spacial score (nSPS) is 14.1. The van der Waals surface area contributed by atoms with E-state index in [1.165, 1.54) is 0 Å². The highest BCUT2D eigenvalue weighted by Crippen LogP contribution is 2.31.